The van der Waals surface area contributed by atoms with Crippen molar-refractivity contribution in [3.8, 4) is 11.4 Å². The first-order valence-corrected chi connectivity index (χ1v) is 6.49. The van der Waals surface area contributed by atoms with Crippen LogP contribution in [0, 0.1) is 0 Å². The molecule has 0 atom stereocenters. The maximum absolute atomic E-state index is 12.7. The quantitative estimate of drug-likeness (QED) is 0.645. The summed E-state index contributed by atoms with van der Waals surface area (Å²) in [7, 11) is 0. The molecule has 0 aliphatic heterocycles. The Hall–Kier alpha value is -1.79. The molecular weight excluding hydrogens is 326 g/mol. The first kappa shape index (κ1) is 14.2. The van der Waals surface area contributed by atoms with Crippen molar-refractivity contribution in [2.24, 2.45) is 0 Å². The summed E-state index contributed by atoms with van der Waals surface area (Å²) in [5.41, 5.74) is -0.0881. The SMILES string of the molecule is FC(F)(F)c1cc(Cl)c2nc(-c3ccc(Cl)cc3)nn2c1. The third-order valence-electron chi connectivity index (χ3n) is 2.82. The van der Waals surface area contributed by atoms with Gasteiger partial charge in [0.25, 0.3) is 0 Å². The molecule has 0 aliphatic rings. The molecule has 0 saturated heterocycles. The van der Waals surface area contributed by atoms with E-state index < -0.39 is 11.7 Å². The van der Waals surface area contributed by atoms with Crippen molar-refractivity contribution in [1.82, 2.24) is 14.6 Å². The second kappa shape index (κ2) is 4.89. The predicted molar refractivity (Wildman–Crippen MR) is 73.4 cm³/mol. The molecule has 0 spiro atoms. The number of nitrogens with zero attached hydrogens (tertiary/aromatic N) is 3. The van der Waals surface area contributed by atoms with Gasteiger partial charge in [-0.2, -0.15) is 13.2 Å². The van der Waals surface area contributed by atoms with Crippen LogP contribution < -0.4 is 0 Å². The van der Waals surface area contributed by atoms with Crippen molar-refractivity contribution in [1.29, 1.82) is 0 Å². The molecule has 0 saturated carbocycles. The Morgan fingerprint density at radius 3 is 2.33 bits per heavy atom. The Balaban J connectivity index is 2.16. The summed E-state index contributed by atoms with van der Waals surface area (Å²) in [6.07, 6.45) is -3.64. The highest BCUT2D eigenvalue weighted by atomic mass is 35.5. The van der Waals surface area contributed by atoms with E-state index in [1.165, 1.54) is 0 Å². The molecule has 3 aromatic rings. The van der Waals surface area contributed by atoms with Crippen LogP contribution in [0.1, 0.15) is 5.56 Å². The molecule has 0 bridgehead atoms. The van der Waals surface area contributed by atoms with Gasteiger partial charge in [-0.15, -0.1) is 5.10 Å². The summed E-state index contributed by atoms with van der Waals surface area (Å²) in [5, 5.41) is 4.45. The Labute approximate surface area is 126 Å². The molecule has 0 radical (unpaired) electrons. The lowest BCUT2D eigenvalue weighted by atomic mass is 10.2. The third kappa shape index (κ3) is 2.69. The van der Waals surface area contributed by atoms with Crippen molar-refractivity contribution in [2.75, 3.05) is 0 Å². The van der Waals surface area contributed by atoms with E-state index in [4.69, 9.17) is 23.2 Å². The number of hydrogen-bond acceptors (Lipinski definition) is 2. The van der Waals surface area contributed by atoms with E-state index >= 15 is 0 Å². The zero-order valence-corrected chi connectivity index (χ0v) is 11.7. The minimum Gasteiger partial charge on any atom is -0.218 e. The summed E-state index contributed by atoms with van der Waals surface area (Å²) in [6.45, 7) is 0. The van der Waals surface area contributed by atoms with E-state index in [2.05, 4.69) is 10.1 Å². The Bertz CT molecular complexity index is 810. The molecule has 2 aromatic heterocycles. The first-order chi connectivity index (χ1) is 9.84. The van der Waals surface area contributed by atoms with Gasteiger partial charge in [-0.1, -0.05) is 23.2 Å². The van der Waals surface area contributed by atoms with E-state index in [1.807, 2.05) is 0 Å². The van der Waals surface area contributed by atoms with E-state index in [-0.39, 0.29) is 16.5 Å². The second-order valence-electron chi connectivity index (χ2n) is 4.28. The van der Waals surface area contributed by atoms with E-state index in [1.54, 1.807) is 24.3 Å². The van der Waals surface area contributed by atoms with Gasteiger partial charge >= 0.3 is 6.18 Å². The highest BCUT2D eigenvalue weighted by Gasteiger charge is 2.32. The second-order valence-corrected chi connectivity index (χ2v) is 5.13. The average Bonchev–Trinajstić information content (AvgIpc) is 2.83. The zero-order valence-electron chi connectivity index (χ0n) is 10.2. The topological polar surface area (TPSA) is 30.2 Å². The maximum atomic E-state index is 12.7. The van der Waals surface area contributed by atoms with Crippen LogP contribution in [0.2, 0.25) is 10.0 Å². The van der Waals surface area contributed by atoms with Gasteiger partial charge in [-0.05, 0) is 30.3 Å². The van der Waals surface area contributed by atoms with Crippen LogP contribution in [-0.4, -0.2) is 14.6 Å². The molecule has 0 aliphatic carbocycles. The number of hydrogen-bond donors (Lipinski definition) is 0. The third-order valence-corrected chi connectivity index (χ3v) is 3.35. The number of pyridine rings is 1. The Morgan fingerprint density at radius 1 is 1.05 bits per heavy atom. The van der Waals surface area contributed by atoms with Crippen LogP contribution in [0.3, 0.4) is 0 Å². The smallest absolute Gasteiger partial charge is 0.218 e. The monoisotopic (exact) mass is 331 g/mol. The average molecular weight is 332 g/mol. The van der Waals surface area contributed by atoms with Crippen LogP contribution in [0.15, 0.2) is 36.5 Å². The van der Waals surface area contributed by atoms with E-state index in [0.717, 1.165) is 16.8 Å². The fourth-order valence-electron chi connectivity index (χ4n) is 1.82. The van der Waals surface area contributed by atoms with Crippen molar-refractivity contribution >= 4 is 28.8 Å². The molecule has 1 aromatic carbocycles. The van der Waals surface area contributed by atoms with Gasteiger partial charge in [0, 0.05) is 16.8 Å². The number of benzene rings is 1. The maximum Gasteiger partial charge on any atom is 0.417 e. The number of halogens is 5. The van der Waals surface area contributed by atoms with Gasteiger partial charge in [-0.25, -0.2) is 9.50 Å². The molecule has 21 heavy (non-hydrogen) atoms. The lowest BCUT2D eigenvalue weighted by Crippen LogP contribution is -2.07. The zero-order chi connectivity index (χ0) is 15.2. The van der Waals surface area contributed by atoms with Gasteiger partial charge in [0.05, 0.1) is 10.6 Å². The summed E-state index contributed by atoms with van der Waals surface area (Å²) < 4.78 is 39.2. The standard InChI is InChI=1S/C13H6Cl2F3N3/c14-9-3-1-7(2-4-9)11-19-12-10(15)5-8(13(16,17)18)6-21(12)20-11/h1-6H. The van der Waals surface area contributed by atoms with Crippen molar-refractivity contribution in [2.45, 2.75) is 6.18 Å². The van der Waals surface area contributed by atoms with Crippen LogP contribution in [0.4, 0.5) is 13.2 Å². The summed E-state index contributed by atoms with van der Waals surface area (Å²) in [4.78, 5) is 4.14. The van der Waals surface area contributed by atoms with Crippen LogP contribution in [0.25, 0.3) is 17.0 Å². The van der Waals surface area contributed by atoms with Gasteiger partial charge in [0.2, 0.25) is 0 Å². The highest BCUT2D eigenvalue weighted by Crippen LogP contribution is 2.32. The van der Waals surface area contributed by atoms with E-state index in [9.17, 15) is 13.2 Å². The first-order valence-electron chi connectivity index (χ1n) is 5.73. The largest absolute Gasteiger partial charge is 0.417 e. The molecular formula is C13H6Cl2F3N3. The number of fused-ring (bicyclic) bond motifs is 1. The molecule has 0 fully saturated rings. The van der Waals surface area contributed by atoms with Crippen LogP contribution >= 0.6 is 23.2 Å². The summed E-state index contributed by atoms with van der Waals surface area (Å²) >= 11 is 11.6. The van der Waals surface area contributed by atoms with Gasteiger partial charge < -0.3 is 0 Å². The van der Waals surface area contributed by atoms with Gasteiger partial charge in [0.1, 0.15) is 0 Å². The Kier molecular flexibility index (Phi) is 3.30. The van der Waals surface area contributed by atoms with Crippen molar-refractivity contribution < 1.29 is 13.2 Å². The molecule has 0 N–H and O–H groups in total. The van der Waals surface area contributed by atoms with Crippen LogP contribution in [0.5, 0.6) is 0 Å². The van der Waals surface area contributed by atoms with Gasteiger partial charge in [-0.3, -0.25) is 0 Å². The molecule has 0 amide bonds. The van der Waals surface area contributed by atoms with Crippen LogP contribution in [-0.2, 0) is 6.18 Å². The van der Waals surface area contributed by atoms with Gasteiger partial charge in [0.15, 0.2) is 11.5 Å². The lowest BCUT2D eigenvalue weighted by Gasteiger charge is -2.06. The summed E-state index contributed by atoms with van der Waals surface area (Å²) in [6, 6.07) is 7.47. The molecule has 2 heterocycles. The number of aromatic nitrogens is 3. The fourth-order valence-corrected chi connectivity index (χ4v) is 2.19. The Morgan fingerprint density at radius 2 is 1.71 bits per heavy atom. The normalized spacial score (nSPS) is 12.0. The molecule has 0 unspecified atom stereocenters. The van der Waals surface area contributed by atoms with Crippen molar-refractivity contribution in [3.05, 3.63) is 52.1 Å². The highest BCUT2D eigenvalue weighted by molar-refractivity contribution is 6.33. The number of alkyl halides is 3. The molecule has 108 valence electrons. The molecule has 3 nitrogen and oxygen atoms in total. The minimum atomic E-state index is -4.50. The number of rotatable bonds is 1. The van der Waals surface area contributed by atoms with Crippen molar-refractivity contribution in [3.63, 3.8) is 0 Å². The molecule has 8 heteroatoms. The fraction of sp³-hybridized carbons (Fsp3) is 0.0769. The lowest BCUT2D eigenvalue weighted by molar-refractivity contribution is -0.137. The summed E-state index contributed by atoms with van der Waals surface area (Å²) in [5.74, 6) is 0.271. The van der Waals surface area contributed by atoms with E-state index in [0.29, 0.717) is 10.6 Å². The molecule has 3 rings (SSSR count). The minimum absolute atomic E-state index is 0.113. The predicted octanol–water partition coefficient (Wildman–Crippen LogP) is 4.72.